The highest BCUT2D eigenvalue weighted by atomic mass is 16.5. The lowest BCUT2D eigenvalue weighted by atomic mass is 9.41. The summed E-state index contributed by atoms with van der Waals surface area (Å²) in [6.07, 6.45) is 6.29. The highest BCUT2D eigenvalue weighted by Crippen LogP contribution is 2.73. The Kier molecular flexibility index (Phi) is 7.12. The van der Waals surface area contributed by atoms with Crippen LogP contribution in [0.4, 0.5) is 0 Å². The maximum Gasteiger partial charge on any atom is 0.309 e. The van der Waals surface area contributed by atoms with Crippen molar-refractivity contribution >= 4 is 11.8 Å². The number of fused-ring (bicyclic) bond motifs is 5. The van der Waals surface area contributed by atoms with E-state index in [1.165, 1.54) is 12.7 Å². The number of hydrogen-bond acceptors (Lipinski definition) is 6. The van der Waals surface area contributed by atoms with Crippen LogP contribution in [-0.2, 0) is 14.3 Å². The van der Waals surface area contributed by atoms with Crippen LogP contribution in [0.5, 0.6) is 0 Å². The van der Waals surface area contributed by atoms with Crippen LogP contribution >= 0.6 is 0 Å². The van der Waals surface area contributed by atoms with E-state index in [0.29, 0.717) is 36.9 Å². The molecule has 0 saturated heterocycles. The number of carbonyl (C=O) groups is 2. The van der Waals surface area contributed by atoms with Gasteiger partial charge in [-0.05, 0) is 86.9 Å². The molecular weight excluding hydrogens is 468 g/mol. The van der Waals surface area contributed by atoms with E-state index in [1.54, 1.807) is 13.8 Å². The van der Waals surface area contributed by atoms with Crippen molar-refractivity contribution in [2.24, 2.45) is 45.3 Å². The van der Waals surface area contributed by atoms with Gasteiger partial charge in [0, 0.05) is 17.8 Å². The zero-order chi connectivity index (χ0) is 27.8. The summed E-state index contributed by atoms with van der Waals surface area (Å²) >= 11 is 0. The van der Waals surface area contributed by atoms with Crippen LogP contribution in [0.1, 0.15) is 99.8 Å². The van der Waals surface area contributed by atoms with Crippen LogP contribution < -0.4 is 0 Å². The lowest BCUT2D eigenvalue weighted by Crippen LogP contribution is -2.57. The van der Waals surface area contributed by atoms with E-state index < -0.39 is 23.7 Å². The van der Waals surface area contributed by atoms with E-state index >= 15 is 0 Å². The summed E-state index contributed by atoms with van der Waals surface area (Å²) in [6, 6.07) is 0. The van der Waals surface area contributed by atoms with Crippen LogP contribution in [0, 0.1) is 45.3 Å². The highest BCUT2D eigenvalue weighted by molar-refractivity contribution is 5.85. The zero-order valence-electron chi connectivity index (χ0n) is 24.3. The Bertz CT molecular complexity index is 961. The normalized spacial score (nSPS) is 42.7. The van der Waals surface area contributed by atoms with Gasteiger partial charge in [-0.2, -0.15) is 0 Å². The van der Waals surface area contributed by atoms with Gasteiger partial charge in [0.2, 0.25) is 0 Å². The molecule has 0 aromatic carbocycles. The molecule has 210 valence electrons. The predicted molar refractivity (Wildman–Crippen MR) is 142 cm³/mol. The fourth-order valence-corrected chi connectivity index (χ4v) is 9.62. The maximum absolute atomic E-state index is 13.1. The summed E-state index contributed by atoms with van der Waals surface area (Å²) in [5.74, 6) is -0.136. The summed E-state index contributed by atoms with van der Waals surface area (Å²) in [4.78, 5) is 26.0. The molecule has 3 N–H and O–H groups in total. The van der Waals surface area contributed by atoms with Crippen molar-refractivity contribution in [3.8, 4) is 0 Å². The molecule has 6 nitrogen and oxygen atoms in total. The molecule has 0 spiro atoms. The number of Topliss-reactive ketones (excluding diaryl/α,β-unsaturated/α-hetero) is 1. The number of aliphatic hydroxyl groups is 3. The molecule has 4 rings (SSSR count). The van der Waals surface area contributed by atoms with Crippen molar-refractivity contribution in [1.82, 2.24) is 0 Å². The molecule has 3 fully saturated rings. The van der Waals surface area contributed by atoms with Crippen molar-refractivity contribution in [2.45, 2.75) is 118 Å². The molecule has 0 aromatic rings. The number of esters is 1. The third-order valence-electron chi connectivity index (χ3n) is 12.1. The number of ether oxygens (including phenoxy) is 1. The number of ketones is 1. The van der Waals surface area contributed by atoms with Gasteiger partial charge in [0.15, 0.2) is 0 Å². The largest absolute Gasteiger partial charge is 0.469 e. The van der Waals surface area contributed by atoms with Crippen LogP contribution in [-0.4, -0.2) is 52.0 Å². The van der Waals surface area contributed by atoms with Gasteiger partial charge in [0.1, 0.15) is 5.78 Å². The van der Waals surface area contributed by atoms with E-state index in [4.69, 9.17) is 4.74 Å². The van der Waals surface area contributed by atoms with Crippen molar-refractivity contribution < 1.29 is 29.6 Å². The second-order valence-corrected chi connectivity index (χ2v) is 14.6. The average molecular weight is 519 g/mol. The third-order valence-corrected chi connectivity index (χ3v) is 12.1. The fourth-order valence-electron chi connectivity index (χ4n) is 9.62. The number of hydrogen-bond donors (Lipinski definition) is 3. The molecule has 0 radical (unpaired) electrons. The van der Waals surface area contributed by atoms with Gasteiger partial charge in [-0.25, -0.2) is 0 Å². The maximum atomic E-state index is 13.1. The van der Waals surface area contributed by atoms with E-state index in [2.05, 4.69) is 40.7 Å². The minimum atomic E-state index is -1.26. The fraction of sp³-hybridized carbons (Fsp3) is 0.871. The number of methoxy groups -OCH3 is 1. The predicted octanol–water partition coefficient (Wildman–Crippen LogP) is 4.83. The van der Waals surface area contributed by atoms with Crippen molar-refractivity contribution in [3.63, 3.8) is 0 Å². The second kappa shape index (κ2) is 9.16. The smallest absolute Gasteiger partial charge is 0.309 e. The van der Waals surface area contributed by atoms with Gasteiger partial charge < -0.3 is 20.1 Å². The monoisotopic (exact) mass is 518 g/mol. The molecule has 4 aliphatic carbocycles. The lowest BCUT2D eigenvalue weighted by Gasteiger charge is -2.63. The number of aliphatic hydroxyl groups excluding tert-OH is 2. The number of allylic oxidation sites excluding steroid dienone is 2. The van der Waals surface area contributed by atoms with Crippen LogP contribution in [0.15, 0.2) is 11.6 Å². The standard InChI is InChI=1S/C31H50O6/c1-27(2)22-11-10-20-19(29(22,5)15-14-23(27)33)13-16-30(6)25(21(32)17-31(20,30)7)18(26(35)37-8)9-12-24(34)28(3,4)36/h10,18-19,21-22,24-25,32,34,36H,9,11-17H2,1-8H3. The second-order valence-electron chi connectivity index (χ2n) is 14.6. The van der Waals surface area contributed by atoms with E-state index in [1.807, 2.05) is 0 Å². The Morgan fingerprint density at radius 2 is 1.81 bits per heavy atom. The Morgan fingerprint density at radius 3 is 2.41 bits per heavy atom. The molecule has 0 aliphatic heterocycles. The molecule has 0 aromatic heterocycles. The molecule has 4 aliphatic rings. The molecule has 37 heavy (non-hydrogen) atoms. The third kappa shape index (κ3) is 4.15. The van der Waals surface area contributed by atoms with Crippen molar-refractivity contribution in [1.29, 1.82) is 0 Å². The van der Waals surface area contributed by atoms with E-state index in [9.17, 15) is 24.9 Å². The minimum absolute atomic E-state index is 0.0490. The molecule has 0 bridgehead atoms. The average Bonchev–Trinajstić information content (AvgIpc) is 3.01. The van der Waals surface area contributed by atoms with Crippen LogP contribution in [0.25, 0.3) is 0 Å². The molecule has 0 heterocycles. The first kappa shape index (κ1) is 28.8. The van der Waals surface area contributed by atoms with Gasteiger partial charge in [-0.1, -0.05) is 46.3 Å². The van der Waals surface area contributed by atoms with Gasteiger partial charge in [0.05, 0.1) is 30.8 Å². The molecule has 9 unspecified atom stereocenters. The first-order valence-electron chi connectivity index (χ1n) is 14.4. The molecule has 3 saturated carbocycles. The quantitative estimate of drug-likeness (QED) is 0.344. The summed E-state index contributed by atoms with van der Waals surface area (Å²) in [6.45, 7) is 14.3. The number of carbonyl (C=O) groups excluding carboxylic acids is 2. The van der Waals surface area contributed by atoms with Gasteiger partial charge >= 0.3 is 5.97 Å². The lowest BCUT2D eigenvalue weighted by molar-refractivity contribution is -0.155. The van der Waals surface area contributed by atoms with Gasteiger partial charge in [-0.3, -0.25) is 9.59 Å². The topological polar surface area (TPSA) is 104 Å². The van der Waals surface area contributed by atoms with E-state index in [-0.39, 0.29) is 40.0 Å². The first-order chi connectivity index (χ1) is 16.9. The first-order valence-corrected chi connectivity index (χ1v) is 14.4. The van der Waals surface area contributed by atoms with Crippen LogP contribution in [0.2, 0.25) is 0 Å². The number of rotatable bonds is 6. The summed E-state index contributed by atoms with van der Waals surface area (Å²) in [5.41, 5.74) is -0.692. The summed E-state index contributed by atoms with van der Waals surface area (Å²) in [5, 5.41) is 32.4. The van der Waals surface area contributed by atoms with Crippen molar-refractivity contribution in [3.05, 3.63) is 11.6 Å². The SMILES string of the molecule is COC(=O)C(CCC(O)C(C)(C)O)C1C(O)CC2(C)C3=CCC4C(C)(C)C(=O)CCC4(C)C3CCC12C. The Morgan fingerprint density at radius 1 is 1.16 bits per heavy atom. The van der Waals surface area contributed by atoms with E-state index in [0.717, 1.165) is 25.7 Å². The van der Waals surface area contributed by atoms with Gasteiger partial charge in [-0.15, -0.1) is 0 Å². The minimum Gasteiger partial charge on any atom is -0.469 e. The zero-order valence-corrected chi connectivity index (χ0v) is 24.3. The Balaban J connectivity index is 1.70. The summed E-state index contributed by atoms with van der Waals surface area (Å²) < 4.78 is 5.23. The summed E-state index contributed by atoms with van der Waals surface area (Å²) in [7, 11) is 1.39. The molecule has 0 amide bonds. The Labute approximate surface area is 223 Å². The molecule has 6 heteroatoms. The van der Waals surface area contributed by atoms with Crippen LogP contribution in [0.3, 0.4) is 0 Å². The molecule has 9 atom stereocenters. The van der Waals surface area contributed by atoms with Gasteiger partial charge in [0.25, 0.3) is 0 Å². The highest BCUT2D eigenvalue weighted by Gasteiger charge is 2.68. The molecular formula is C31H50O6. The van der Waals surface area contributed by atoms with Crippen molar-refractivity contribution in [2.75, 3.05) is 7.11 Å². The Hall–Kier alpha value is -1.24.